The Labute approximate surface area is 120 Å². The summed E-state index contributed by atoms with van der Waals surface area (Å²) in [5.74, 6) is 0.396. The first-order chi connectivity index (χ1) is 9.13. The van der Waals surface area contributed by atoms with E-state index in [1.165, 1.54) is 0 Å². The number of aromatic nitrogens is 1. The van der Waals surface area contributed by atoms with Crippen LogP contribution >= 0.6 is 15.9 Å². The zero-order valence-electron chi connectivity index (χ0n) is 10.6. The maximum Gasteiger partial charge on any atom is 0.261 e. The van der Waals surface area contributed by atoms with Crippen LogP contribution in [-0.4, -0.2) is 25.0 Å². The minimum Gasteiger partial charge on any atom is -0.496 e. The predicted molar refractivity (Wildman–Crippen MR) is 77.7 cm³/mol. The number of hydrogen-bond acceptors (Lipinski definition) is 3. The number of rotatable bonds is 3. The van der Waals surface area contributed by atoms with Crippen LogP contribution in [0.15, 0.2) is 47.2 Å². The lowest BCUT2D eigenvalue weighted by atomic mass is 10.1. The summed E-state index contributed by atoms with van der Waals surface area (Å²) in [6.07, 6.45) is 3.31. The summed E-state index contributed by atoms with van der Waals surface area (Å²) in [4.78, 5) is 18.0. The molecule has 0 spiro atoms. The zero-order chi connectivity index (χ0) is 13.8. The molecule has 0 saturated heterocycles. The Balaban J connectivity index is 2.34. The van der Waals surface area contributed by atoms with Gasteiger partial charge in [-0.2, -0.15) is 0 Å². The number of hydrogen-bond donors (Lipinski definition) is 0. The van der Waals surface area contributed by atoms with Gasteiger partial charge in [0.2, 0.25) is 0 Å². The molecule has 1 amide bonds. The molecule has 0 unspecified atom stereocenters. The van der Waals surface area contributed by atoms with Gasteiger partial charge in [-0.3, -0.25) is 9.78 Å². The van der Waals surface area contributed by atoms with E-state index >= 15 is 0 Å². The van der Waals surface area contributed by atoms with Gasteiger partial charge in [-0.05, 0) is 30.3 Å². The highest BCUT2D eigenvalue weighted by atomic mass is 79.9. The first-order valence-corrected chi connectivity index (χ1v) is 6.44. The molecule has 0 atom stereocenters. The fourth-order valence-corrected chi connectivity index (χ4v) is 2.03. The molecule has 0 aliphatic rings. The van der Waals surface area contributed by atoms with Gasteiger partial charge in [-0.25, -0.2) is 0 Å². The quantitative estimate of drug-likeness (QED) is 0.872. The van der Waals surface area contributed by atoms with E-state index in [0.717, 1.165) is 10.2 Å². The highest BCUT2D eigenvalue weighted by molar-refractivity contribution is 9.10. The lowest BCUT2D eigenvalue weighted by Crippen LogP contribution is -2.26. The lowest BCUT2D eigenvalue weighted by Gasteiger charge is -2.18. The normalized spacial score (nSPS) is 10.1. The molecule has 0 N–H and O–H groups in total. The second-order valence-electron chi connectivity index (χ2n) is 3.92. The number of halogens is 1. The average molecular weight is 321 g/mol. The van der Waals surface area contributed by atoms with E-state index < -0.39 is 0 Å². The van der Waals surface area contributed by atoms with E-state index in [1.54, 1.807) is 49.7 Å². The second-order valence-corrected chi connectivity index (χ2v) is 4.84. The molecular weight excluding hydrogens is 308 g/mol. The van der Waals surface area contributed by atoms with Crippen LogP contribution in [0.1, 0.15) is 10.4 Å². The van der Waals surface area contributed by atoms with Gasteiger partial charge in [-0.15, -0.1) is 0 Å². The van der Waals surface area contributed by atoms with Crippen LogP contribution in [0, 0.1) is 0 Å². The Kier molecular flexibility index (Phi) is 4.16. The van der Waals surface area contributed by atoms with Crippen molar-refractivity contribution in [2.75, 3.05) is 19.1 Å². The van der Waals surface area contributed by atoms with E-state index in [-0.39, 0.29) is 5.91 Å². The van der Waals surface area contributed by atoms with Crippen LogP contribution in [-0.2, 0) is 0 Å². The molecule has 1 heterocycles. The number of ether oxygens (including phenoxy) is 1. The van der Waals surface area contributed by atoms with Crippen molar-refractivity contribution in [3.8, 4) is 5.75 Å². The van der Waals surface area contributed by atoms with Gasteiger partial charge in [0, 0.05) is 17.7 Å². The van der Waals surface area contributed by atoms with Crippen molar-refractivity contribution in [2.45, 2.75) is 0 Å². The molecule has 19 heavy (non-hydrogen) atoms. The molecule has 1 aromatic heterocycles. The Morgan fingerprint density at radius 1 is 1.37 bits per heavy atom. The smallest absolute Gasteiger partial charge is 0.261 e. The van der Waals surface area contributed by atoms with E-state index in [4.69, 9.17) is 4.74 Å². The molecule has 1 aromatic carbocycles. The van der Waals surface area contributed by atoms with Crippen LogP contribution in [0.3, 0.4) is 0 Å². The van der Waals surface area contributed by atoms with E-state index in [2.05, 4.69) is 20.9 Å². The summed E-state index contributed by atoms with van der Waals surface area (Å²) in [6, 6.07) is 8.93. The summed E-state index contributed by atoms with van der Waals surface area (Å²) in [5, 5.41) is 0. The molecular formula is C14H13BrN2O2. The second kappa shape index (κ2) is 5.84. The Hall–Kier alpha value is -1.88. The number of benzene rings is 1. The number of pyridine rings is 1. The van der Waals surface area contributed by atoms with E-state index in [1.807, 2.05) is 12.1 Å². The highest BCUT2D eigenvalue weighted by Crippen LogP contribution is 2.25. The fourth-order valence-electron chi connectivity index (χ4n) is 1.69. The minimum absolute atomic E-state index is 0.141. The molecule has 0 aliphatic heterocycles. The SMILES string of the molecule is COc1cc(Br)ccc1C(=O)N(C)c1cccnc1. The van der Waals surface area contributed by atoms with E-state index in [9.17, 15) is 4.79 Å². The fraction of sp³-hybridized carbons (Fsp3) is 0.143. The average Bonchev–Trinajstić information content (AvgIpc) is 2.46. The monoisotopic (exact) mass is 320 g/mol. The molecule has 0 aliphatic carbocycles. The van der Waals surface area contributed by atoms with Gasteiger partial charge in [0.05, 0.1) is 24.6 Å². The number of carbonyl (C=O) groups is 1. The van der Waals surface area contributed by atoms with Crippen LogP contribution in [0.25, 0.3) is 0 Å². The van der Waals surface area contributed by atoms with Crippen LogP contribution in [0.5, 0.6) is 5.75 Å². The molecule has 2 rings (SSSR count). The summed E-state index contributed by atoms with van der Waals surface area (Å²) >= 11 is 3.35. The van der Waals surface area contributed by atoms with Crippen molar-refractivity contribution in [2.24, 2.45) is 0 Å². The van der Waals surface area contributed by atoms with Crippen molar-refractivity contribution in [1.29, 1.82) is 0 Å². The number of carbonyl (C=O) groups excluding carboxylic acids is 1. The standard InChI is InChI=1S/C14H13BrN2O2/c1-17(11-4-3-7-16-9-11)14(18)12-6-5-10(15)8-13(12)19-2/h3-9H,1-2H3. The number of amides is 1. The zero-order valence-corrected chi connectivity index (χ0v) is 12.2. The molecule has 0 radical (unpaired) electrons. The van der Waals surface area contributed by atoms with Crippen molar-refractivity contribution >= 4 is 27.5 Å². The topological polar surface area (TPSA) is 42.4 Å². The van der Waals surface area contributed by atoms with Crippen molar-refractivity contribution in [3.05, 3.63) is 52.8 Å². The summed E-state index contributed by atoms with van der Waals surface area (Å²) in [5.41, 5.74) is 1.24. The van der Waals surface area contributed by atoms with Crippen molar-refractivity contribution < 1.29 is 9.53 Å². The maximum absolute atomic E-state index is 12.4. The maximum atomic E-state index is 12.4. The third-order valence-electron chi connectivity index (χ3n) is 2.73. The number of nitrogens with zero attached hydrogens (tertiary/aromatic N) is 2. The number of anilines is 1. The van der Waals surface area contributed by atoms with Crippen LogP contribution < -0.4 is 9.64 Å². The molecule has 5 heteroatoms. The van der Waals surface area contributed by atoms with E-state index in [0.29, 0.717) is 11.3 Å². The van der Waals surface area contributed by atoms with Gasteiger partial charge >= 0.3 is 0 Å². The van der Waals surface area contributed by atoms with Gasteiger partial charge in [0.25, 0.3) is 5.91 Å². The molecule has 98 valence electrons. The van der Waals surface area contributed by atoms with Gasteiger partial charge in [0.15, 0.2) is 0 Å². The van der Waals surface area contributed by atoms with Gasteiger partial charge in [0.1, 0.15) is 5.75 Å². The van der Waals surface area contributed by atoms with Gasteiger partial charge in [-0.1, -0.05) is 15.9 Å². The summed E-state index contributed by atoms with van der Waals surface area (Å²) < 4.78 is 6.11. The summed E-state index contributed by atoms with van der Waals surface area (Å²) in [7, 11) is 3.25. The Bertz CT molecular complexity index is 587. The van der Waals surface area contributed by atoms with Crippen molar-refractivity contribution in [3.63, 3.8) is 0 Å². The Morgan fingerprint density at radius 2 is 2.16 bits per heavy atom. The molecule has 4 nitrogen and oxygen atoms in total. The third-order valence-corrected chi connectivity index (χ3v) is 3.23. The molecule has 0 bridgehead atoms. The minimum atomic E-state index is -0.141. The van der Waals surface area contributed by atoms with Crippen LogP contribution in [0.4, 0.5) is 5.69 Å². The van der Waals surface area contributed by atoms with Crippen LogP contribution in [0.2, 0.25) is 0 Å². The first-order valence-electron chi connectivity index (χ1n) is 5.65. The Morgan fingerprint density at radius 3 is 2.79 bits per heavy atom. The largest absolute Gasteiger partial charge is 0.496 e. The molecule has 2 aromatic rings. The predicted octanol–water partition coefficient (Wildman–Crippen LogP) is 3.13. The van der Waals surface area contributed by atoms with Crippen molar-refractivity contribution in [1.82, 2.24) is 4.98 Å². The highest BCUT2D eigenvalue weighted by Gasteiger charge is 2.18. The van der Waals surface area contributed by atoms with Gasteiger partial charge < -0.3 is 9.64 Å². The third kappa shape index (κ3) is 2.93. The summed E-state index contributed by atoms with van der Waals surface area (Å²) in [6.45, 7) is 0. The molecule has 0 fully saturated rings. The lowest BCUT2D eigenvalue weighted by molar-refractivity contribution is 0.0990. The first kappa shape index (κ1) is 13.5. The molecule has 0 saturated carbocycles. The number of methoxy groups -OCH3 is 1.